The maximum absolute atomic E-state index is 12.9. The molecule has 2 amide bonds. The summed E-state index contributed by atoms with van der Waals surface area (Å²) in [6.07, 6.45) is 1.73. The first-order chi connectivity index (χ1) is 14.0. The first-order valence-corrected chi connectivity index (χ1v) is 11.0. The molecule has 5 nitrogen and oxygen atoms in total. The molecule has 0 unspecified atom stereocenters. The van der Waals surface area contributed by atoms with E-state index < -0.39 is 0 Å². The van der Waals surface area contributed by atoms with E-state index in [9.17, 15) is 9.59 Å². The van der Waals surface area contributed by atoms with Crippen molar-refractivity contribution in [2.45, 2.75) is 20.4 Å². The van der Waals surface area contributed by atoms with Gasteiger partial charge in [-0.3, -0.25) is 14.5 Å². The van der Waals surface area contributed by atoms with Crippen molar-refractivity contribution in [1.82, 2.24) is 4.90 Å². The summed E-state index contributed by atoms with van der Waals surface area (Å²) in [7, 11) is 1.61. The van der Waals surface area contributed by atoms with Crippen molar-refractivity contribution >= 4 is 50.6 Å². The number of carbonyl (C=O) groups is 2. The van der Waals surface area contributed by atoms with E-state index in [4.69, 9.17) is 4.74 Å². The van der Waals surface area contributed by atoms with Gasteiger partial charge in [-0.1, -0.05) is 34.1 Å². The van der Waals surface area contributed by atoms with Crippen molar-refractivity contribution < 1.29 is 14.3 Å². The van der Waals surface area contributed by atoms with Gasteiger partial charge in [0.05, 0.1) is 18.6 Å². The zero-order valence-electron chi connectivity index (χ0n) is 16.6. The van der Waals surface area contributed by atoms with Crippen LogP contribution in [0, 0.1) is 0 Å². The molecule has 0 saturated carbocycles. The smallest absolute Gasteiger partial charge is 0.293 e. The summed E-state index contributed by atoms with van der Waals surface area (Å²) in [4.78, 5) is 29.2. The summed E-state index contributed by atoms with van der Waals surface area (Å²) >= 11 is 4.43. The van der Waals surface area contributed by atoms with Crippen LogP contribution in [0.2, 0.25) is 0 Å². The number of ether oxygens (including phenoxy) is 1. The lowest BCUT2D eigenvalue weighted by Gasteiger charge is -2.22. The molecule has 152 valence electrons. The fourth-order valence-electron chi connectivity index (χ4n) is 3.18. The van der Waals surface area contributed by atoms with Gasteiger partial charge in [0, 0.05) is 34.9 Å². The number of hydrogen-bond acceptors (Lipinski definition) is 5. The Bertz CT molecular complexity index is 957. The van der Waals surface area contributed by atoms with Crippen LogP contribution >= 0.6 is 27.7 Å². The monoisotopic (exact) mass is 474 g/mol. The first-order valence-electron chi connectivity index (χ1n) is 9.40. The molecule has 7 heteroatoms. The van der Waals surface area contributed by atoms with Crippen molar-refractivity contribution in [2.75, 3.05) is 25.1 Å². The molecule has 0 atom stereocenters. The fourth-order valence-corrected chi connectivity index (χ4v) is 4.42. The third kappa shape index (κ3) is 4.67. The van der Waals surface area contributed by atoms with E-state index in [1.54, 1.807) is 13.2 Å². The topological polar surface area (TPSA) is 49.9 Å². The maximum atomic E-state index is 12.9. The number of nitrogens with zero attached hydrogens (tertiary/aromatic N) is 2. The van der Waals surface area contributed by atoms with Crippen molar-refractivity contribution in [1.29, 1.82) is 0 Å². The molecular weight excluding hydrogens is 452 g/mol. The highest BCUT2D eigenvalue weighted by Crippen LogP contribution is 2.36. The van der Waals surface area contributed by atoms with Crippen LogP contribution in [0.3, 0.4) is 0 Å². The zero-order chi connectivity index (χ0) is 21.0. The lowest BCUT2D eigenvalue weighted by Crippen LogP contribution is -2.27. The minimum atomic E-state index is -0.286. The Kier molecular flexibility index (Phi) is 7.03. The Morgan fingerprint density at radius 3 is 2.52 bits per heavy atom. The van der Waals surface area contributed by atoms with Gasteiger partial charge < -0.3 is 9.64 Å². The number of methoxy groups -OCH3 is 1. The van der Waals surface area contributed by atoms with Gasteiger partial charge in [-0.25, -0.2) is 0 Å². The summed E-state index contributed by atoms with van der Waals surface area (Å²) in [5.74, 6) is 0.387. The van der Waals surface area contributed by atoms with Crippen molar-refractivity contribution in [3.8, 4) is 5.75 Å². The van der Waals surface area contributed by atoms with E-state index >= 15 is 0 Å². The Labute approximate surface area is 183 Å². The van der Waals surface area contributed by atoms with Gasteiger partial charge >= 0.3 is 0 Å². The number of imide groups is 1. The molecule has 29 heavy (non-hydrogen) atoms. The van der Waals surface area contributed by atoms with Crippen molar-refractivity contribution in [2.24, 2.45) is 0 Å². The molecule has 0 aliphatic carbocycles. The van der Waals surface area contributed by atoms with Gasteiger partial charge in [0.1, 0.15) is 5.75 Å². The van der Waals surface area contributed by atoms with E-state index in [1.165, 1.54) is 4.90 Å². The quantitative estimate of drug-likeness (QED) is 0.493. The van der Waals surface area contributed by atoms with E-state index in [2.05, 4.69) is 34.7 Å². The minimum Gasteiger partial charge on any atom is -0.496 e. The number of rotatable bonds is 7. The highest BCUT2D eigenvalue weighted by atomic mass is 79.9. The molecule has 2 aromatic carbocycles. The van der Waals surface area contributed by atoms with Crippen LogP contribution in [0.15, 0.2) is 51.8 Å². The molecule has 0 aromatic heterocycles. The Hall–Kier alpha value is -2.25. The summed E-state index contributed by atoms with van der Waals surface area (Å²) in [6.45, 7) is 6.23. The second-order valence-corrected chi connectivity index (χ2v) is 8.31. The first kappa shape index (κ1) is 21.5. The molecule has 0 spiro atoms. The fraction of sp³-hybridized carbons (Fsp3) is 0.273. The second kappa shape index (κ2) is 9.50. The van der Waals surface area contributed by atoms with E-state index in [0.29, 0.717) is 10.7 Å². The van der Waals surface area contributed by atoms with Crippen molar-refractivity contribution in [3.05, 3.63) is 63.0 Å². The summed E-state index contributed by atoms with van der Waals surface area (Å²) < 4.78 is 6.41. The predicted octanol–water partition coefficient (Wildman–Crippen LogP) is 5.54. The average molecular weight is 475 g/mol. The molecule has 1 saturated heterocycles. The van der Waals surface area contributed by atoms with E-state index in [1.807, 2.05) is 42.5 Å². The summed E-state index contributed by atoms with van der Waals surface area (Å²) in [6, 6.07) is 13.5. The molecule has 1 aliphatic heterocycles. The Balaban J connectivity index is 1.86. The van der Waals surface area contributed by atoms with Crippen LogP contribution in [-0.2, 0) is 11.3 Å². The number of anilines is 1. The lowest BCUT2D eigenvalue weighted by atomic mass is 10.1. The number of thioether (sulfide) groups is 1. The number of carbonyl (C=O) groups excluding carboxylic acids is 2. The molecule has 1 aliphatic rings. The lowest BCUT2D eigenvalue weighted by molar-refractivity contribution is -0.123. The number of hydrogen-bond donors (Lipinski definition) is 0. The third-order valence-corrected chi connectivity index (χ3v) is 6.47. The number of benzene rings is 2. The maximum Gasteiger partial charge on any atom is 0.293 e. The van der Waals surface area contributed by atoms with Gasteiger partial charge in [0.2, 0.25) is 0 Å². The molecule has 0 N–H and O–H groups in total. The number of amides is 2. The molecule has 3 rings (SSSR count). The van der Waals surface area contributed by atoms with E-state index in [-0.39, 0.29) is 17.7 Å². The Morgan fingerprint density at radius 1 is 1.14 bits per heavy atom. The Morgan fingerprint density at radius 2 is 1.86 bits per heavy atom. The molecule has 2 aromatic rings. The molecule has 1 heterocycles. The van der Waals surface area contributed by atoms with Crippen LogP contribution in [-0.4, -0.2) is 36.2 Å². The number of halogens is 1. The van der Waals surface area contributed by atoms with Crippen LogP contribution in [0.4, 0.5) is 10.5 Å². The van der Waals surface area contributed by atoms with Gasteiger partial charge in [0.15, 0.2) is 0 Å². The second-order valence-electron chi connectivity index (χ2n) is 6.46. The van der Waals surface area contributed by atoms with Gasteiger partial charge in [-0.05, 0) is 55.4 Å². The van der Waals surface area contributed by atoms with E-state index in [0.717, 1.165) is 46.1 Å². The molecule has 0 radical (unpaired) electrons. The SMILES string of the molecule is CCN(CC)c1ccc(/C=C2\SC(=O)N(Cc3ccccc3Br)C2=O)c(OC)c1. The third-order valence-electron chi connectivity index (χ3n) is 4.79. The van der Waals surface area contributed by atoms with Crippen LogP contribution in [0.5, 0.6) is 5.75 Å². The zero-order valence-corrected chi connectivity index (χ0v) is 19.0. The van der Waals surface area contributed by atoms with Gasteiger partial charge in [-0.2, -0.15) is 0 Å². The summed E-state index contributed by atoms with van der Waals surface area (Å²) in [5.41, 5.74) is 2.72. The largest absolute Gasteiger partial charge is 0.496 e. The highest BCUT2D eigenvalue weighted by molar-refractivity contribution is 9.10. The predicted molar refractivity (Wildman–Crippen MR) is 122 cm³/mol. The van der Waals surface area contributed by atoms with Crippen LogP contribution < -0.4 is 9.64 Å². The molecule has 0 bridgehead atoms. The van der Waals surface area contributed by atoms with Crippen molar-refractivity contribution in [3.63, 3.8) is 0 Å². The summed E-state index contributed by atoms with van der Waals surface area (Å²) in [5, 5.41) is -0.268. The molecular formula is C22H23BrN2O3S. The normalized spacial score (nSPS) is 15.3. The van der Waals surface area contributed by atoms with Gasteiger partial charge in [0.25, 0.3) is 11.1 Å². The van der Waals surface area contributed by atoms with Crippen LogP contribution in [0.25, 0.3) is 6.08 Å². The average Bonchev–Trinajstić information content (AvgIpc) is 2.98. The minimum absolute atomic E-state index is 0.238. The van der Waals surface area contributed by atoms with Crippen LogP contribution in [0.1, 0.15) is 25.0 Å². The highest BCUT2D eigenvalue weighted by Gasteiger charge is 2.35. The molecule has 1 fully saturated rings. The van der Waals surface area contributed by atoms with Gasteiger partial charge in [-0.15, -0.1) is 0 Å². The standard InChI is InChI=1S/C22H23BrN2O3S/c1-4-24(5-2)17-11-10-15(19(13-17)28-3)12-20-21(26)25(22(27)29-20)14-16-8-6-7-9-18(16)23/h6-13H,4-5,14H2,1-3H3/b20-12-.